The Kier molecular flexibility index (Phi) is 8.98. The van der Waals surface area contributed by atoms with Crippen LogP contribution in [-0.4, -0.2) is 5.11 Å². The average Bonchev–Trinajstić information content (AvgIpc) is 2.42. The predicted molar refractivity (Wildman–Crippen MR) is 87.0 cm³/mol. The fourth-order valence-corrected chi connectivity index (χ4v) is 2.94. The molecule has 0 aliphatic carbocycles. The van der Waals surface area contributed by atoms with Crippen molar-refractivity contribution in [3.05, 3.63) is 29.8 Å². The Morgan fingerprint density at radius 3 is 2.00 bits per heavy atom. The van der Waals surface area contributed by atoms with Crippen LogP contribution in [0.4, 0.5) is 0 Å². The molecule has 0 amide bonds. The molecule has 0 saturated heterocycles. The minimum atomic E-state index is 0.343. The highest BCUT2D eigenvalue weighted by atomic mass is 79.9. The zero-order chi connectivity index (χ0) is 13.9. The average molecular weight is 327 g/mol. The van der Waals surface area contributed by atoms with Crippen molar-refractivity contribution in [2.24, 2.45) is 0 Å². The standard InChI is InChI=1S/C17H27BrO/c1-2-3-4-5-6-7-8-9-10-17(18)15-11-13-16(19)14-12-15/h11-14,17,19H,2-10H2,1H3. The van der Waals surface area contributed by atoms with E-state index in [9.17, 15) is 5.11 Å². The molecular formula is C17H27BrO. The second-order valence-corrected chi connectivity index (χ2v) is 6.43. The SMILES string of the molecule is CCCCCCCCCCC(Br)c1ccc(O)cc1. The Balaban J connectivity index is 2.04. The van der Waals surface area contributed by atoms with Crippen molar-refractivity contribution in [1.82, 2.24) is 0 Å². The van der Waals surface area contributed by atoms with E-state index in [1.807, 2.05) is 12.1 Å². The van der Waals surface area contributed by atoms with E-state index >= 15 is 0 Å². The molecule has 1 aromatic rings. The van der Waals surface area contributed by atoms with Gasteiger partial charge in [-0.25, -0.2) is 0 Å². The lowest BCUT2D eigenvalue weighted by molar-refractivity contribution is 0.475. The Hall–Kier alpha value is -0.500. The Morgan fingerprint density at radius 1 is 0.895 bits per heavy atom. The minimum absolute atomic E-state index is 0.343. The Labute approximate surface area is 126 Å². The number of halogens is 1. The van der Waals surface area contributed by atoms with Crippen LogP contribution in [0.15, 0.2) is 24.3 Å². The van der Waals surface area contributed by atoms with Gasteiger partial charge in [-0.2, -0.15) is 0 Å². The second kappa shape index (κ2) is 10.3. The van der Waals surface area contributed by atoms with Gasteiger partial charge in [0.1, 0.15) is 5.75 Å². The highest BCUT2D eigenvalue weighted by Gasteiger charge is 2.06. The largest absolute Gasteiger partial charge is 0.508 e. The normalized spacial score (nSPS) is 12.5. The summed E-state index contributed by atoms with van der Waals surface area (Å²) >= 11 is 3.73. The number of rotatable bonds is 10. The van der Waals surface area contributed by atoms with Gasteiger partial charge in [0.2, 0.25) is 0 Å². The first-order chi connectivity index (χ1) is 9.24. The van der Waals surface area contributed by atoms with Crippen LogP contribution in [0.2, 0.25) is 0 Å². The second-order valence-electron chi connectivity index (χ2n) is 5.32. The number of hydrogen-bond donors (Lipinski definition) is 1. The van der Waals surface area contributed by atoms with Crippen LogP contribution >= 0.6 is 15.9 Å². The van der Waals surface area contributed by atoms with Gasteiger partial charge in [-0.3, -0.25) is 0 Å². The molecule has 1 N–H and O–H groups in total. The van der Waals surface area contributed by atoms with E-state index in [0.29, 0.717) is 10.6 Å². The van der Waals surface area contributed by atoms with Crippen molar-refractivity contribution in [3.63, 3.8) is 0 Å². The number of benzene rings is 1. The maximum Gasteiger partial charge on any atom is 0.115 e. The van der Waals surface area contributed by atoms with Crippen molar-refractivity contribution in [2.45, 2.75) is 69.5 Å². The van der Waals surface area contributed by atoms with Crippen LogP contribution in [0.1, 0.15) is 75.1 Å². The number of alkyl halides is 1. The zero-order valence-electron chi connectivity index (χ0n) is 12.1. The molecule has 0 bridgehead atoms. The molecule has 0 aliphatic heterocycles. The summed E-state index contributed by atoms with van der Waals surface area (Å²) in [6, 6.07) is 7.52. The first-order valence-electron chi connectivity index (χ1n) is 7.67. The number of hydrogen-bond acceptors (Lipinski definition) is 1. The Bertz CT molecular complexity index is 321. The summed E-state index contributed by atoms with van der Waals surface area (Å²) in [4.78, 5) is 0.424. The van der Waals surface area contributed by atoms with Gasteiger partial charge >= 0.3 is 0 Å². The summed E-state index contributed by atoms with van der Waals surface area (Å²) in [5, 5.41) is 9.26. The van der Waals surface area contributed by atoms with E-state index in [0.717, 1.165) is 0 Å². The smallest absolute Gasteiger partial charge is 0.115 e. The number of aromatic hydroxyl groups is 1. The van der Waals surface area contributed by atoms with Gasteiger partial charge in [0, 0.05) is 4.83 Å². The van der Waals surface area contributed by atoms with E-state index in [4.69, 9.17) is 0 Å². The third kappa shape index (κ3) is 7.61. The molecule has 1 atom stereocenters. The summed E-state index contributed by atoms with van der Waals surface area (Å²) < 4.78 is 0. The first-order valence-corrected chi connectivity index (χ1v) is 8.58. The molecule has 19 heavy (non-hydrogen) atoms. The van der Waals surface area contributed by atoms with Crippen LogP contribution in [0.3, 0.4) is 0 Å². The van der Waals surface area contributed by atoms with Crippen molar-refractivity contribution in [2.75, 3.05) is 0 Å². The molecule has 0 heterocycles. The number of phenols is 1. The van der Waals surface area contributed by atoms with Gasteiger partial charge in [0.25, 0.3) is 0 Å². The maximum absolute atomic E-state index is 9.26. The molecular weight excluding hydrogens is 300 g/mol. The number of unbranched alkanes of at least 4 members (excludes halogenated alkanes) is 7. The summed E-state index contributed by atoms with van der Waals surface area (Å²) in [5.41, 5.74) is 1.26. The van der Waals surface area contributed by atoms with Crippen LogP contribution in [-0.2, 0) is 0 Å². The molecule has 0 aliphatic rings. The lowest BCUT2D eigenvalue weighted by atomic mass is 10.0. The summed E-state index contributed by atoms with van der Waals surface area (Å²) in [6.07, 6.45) is 12.1. The molecule has 108 valence electrons. The lowest BCUT2D eigenvalue weighted by Crippen LogP contribution is -1.90. The zero-order valence-corrected chi connectivity index (χ0v) is 13.7. The number of phenolic OH excluding ortho intramolecular Hbond substituents is 1. The van der Waals surface area contributed by atoms with Crippen molar-refractivity contribution in [1.29, 1.82) is 0 Å². The molecule has 1 rings (SSSR count). The fourth-order valence-electron chi connectivity index (χ4n) is 2.31. The van der Waals surface area contributed by atoms with E-state index in [-0.39, 0.29) is 0 Å². The molecule has 0 radical (unpaired) electrons. The van der Waals surface area contributed by atoms with E-state index in [2.05, 4.69) is 22.9 Å². The summed E-state index contributed by atoms with van der Waals surface area (Å²) in [7, 11) is 0. The molecule has 2 heteroatoms. The third-order valence-corrected chi connectivity index (χ3v) is 4.55. The summed E-state index contributed by atoms with van der Waals surface area (Å²) in [5.74, 6) is 0.343. The molecule has 0 saturated carbocycles. The molecule has 0 spiro atoms. The lowest BCUT2D eigenvalue weighted by Gasteiger charge is -2.10. The highest BCUT2D eigenvalue weighted by Crippen LogP contribution is 2.29. The van der Waals surface area contributed by atoms with Crippen molar-refractivity contribution >= 4 is 15.9 Å². The van der Waals surface area contributed by atoms with Gasteiger partial charge in [0.05, 0.1) is 0 Å². The molecule has 1 unspecified atom stereocenters. The Morgan fingerprint density at radius 2 is 1.42 bits per heavy atom. The van der Waals surface area contributed by atoms with E-state index < -0.39 is 0 Å². The molecule has 0 aromatic heterocycles. The van der Waals surface area contributed by atoms with E-state index in [1.165, 1.54) is 63.4 Å². The van der Waals surface area contributed by atoms with Crippen molar-refractivity contribution in [3.8, 4) is 5.75 Å². The van der Waals surface area contributed by atoms with Crippen LogP contribution in [0, 0.1) is 0 Å². The topological polar surface area (TPSA) is 20.2 Å². The highest BCUT2D eigenvalue weighted by molar-refractivity contribution is 9.09. The van der Waals surface area contributed by atoms with Gasteiger partial charge < -0.3 is 5.11 Å². The minimum Gasteiger partial charge on any atom is -0.508 e. The van der Waals surface area contributed by atoms with Gasteiger partial charge in [-0.1, -0.05) is 86.4 Å². The molecule has 0 fully saturated rings. The van der Waals surface area contributed by atoms with Gasteiger partial charge in [0.15, 0.2) is 0 Å². The van der Waals surface area contributed by atoms with Gasteiger partial charge in [-0.15, -0.1) is 0 Å². The summed E-state index contributed by atoms with van der Waals surface area (Å²) in [6.45, 7) is 2.26. The fraction of sp³-hybridized carbons (Fsp3) is 0.647. The van der Waals surface area contributed by atoms with E-state index in [1.54, 1.807) is 12.1 Å². The molecule has 1 nitrogen and oxygen atoms in total. The van der Waals surface area contributed by atoms with Crippen LogP contribution in [0.25, 0.3) is 0 Å². The van der Waals surface area contributed by atoms with Crippen LogP contribution < -0.4 is 0 Å². The van der Waals surface area contributed by atoms with Crippen LogP contribution in [0.5, 0.6) is 5.75 Å². The quantitative estimate of drug-likeness (QED) is 0.391. The first kappa shape index (κ1) is 16.6. The predicted octanol–water partition coefficient (Wildman–Crippen LogP) is 6.36. The monoisotopic (exact) mass is 326 g/mol. The third-order valence-electron chi connectivity index (χ3n) is 3.57. The molecule has 1 aromatic carbocycles. The van der Waals surface area contributed by atoms with Crippen molar-refractivity contribution < 1.29 is 5.11 Å². The van der Waals surface area contributed by atoms with Gasteiger partial charge in [-0.05, 0) is 24.1 Å². The maximum atomic E-state index is 9.26.